The molecular weight excluding hydrogens is 428 g/mol. The molecule has 0 saturated heterocycles. The van der Waals surface area contributed by atoms with E-state index in [0.717, 1.165) is 24.3 Å². The normalized spacial score (nSPS) is 11.4. The van der Waals surface area contributed by atoms with Crippen LogP contribution in [0.2, 0.25) is 0 Å². The number of rotatable bonds is 4. The van der Waals surface area contributed by atoms with Gasteiger partial charge in [-0.05, 0) is 47.5 Å². The van der Waals surface area contributed by atoms with E-state index in [-0.39, 0.29) is 22.5 Å². The third kappa shape index (κ3) is 4.43. The van der Waals surface area contributed by atoms with Gasteiger partial charge in [-0.15, -0.1) is 0 Å². The van der Waals surface area contributed by atoms with Gasteiger partial charge in [0.15, 0.2) is 5.82 Å². The Labute approximate surface area is 177 Å². The number of nitrogens with zero attached hydrogens (tertiary/aromatic N) is 1. The van der Waals surface area contributed by atoms with E-state index in [9.17, 15) is 27.2 Å². The summed E-state index contributed by atoms with van der Waals surface area (Å²) in [4.78, 5) is 26.7. The van der Waals surface area contributed by atoms with Gasteiger partial charge in [0.2, 0.25) is 0 Å². The topological polar surface area (TPSA) is 90.6 Å². The first-order valence-corrected chi connectivity index (χ1v) is 9.24. The second kappa shape index (κ2) is 8.14. The van der Waals surface area contributed by atoms with Gasteiger partial charge in [-0.2, -0.15) is 18.3 Å². The number of halogens is 4. The van der Waals surface area contributed by atoms with Crippen molar-refractivity contribution >= 4 is 11.6 Å². The van der Waals surface area contributed by atoms with Crippen LogP contribution >= 0.6 is 0 Å². The maximum absolute atomic E-state index is 13.9. The van der Waals surface area contributed by atoms with Gasteiger partial charge in [-0.1, -0.05) is 30.3 Å². The number of carbonyl (C=O) groups is 1. The van der Waals surface area contributed by atoms with E-state index in [2.05, 4.69) is 20.5 Å². The second-order valence-electron chi connectivity index (χ2n) is 6.83. The van der Waals surface area contributed by atoms with Crippen molar-refractivity contribution in [2.75, 3.05) is 5.32 Å². The van der Waals surface area contributed by atoms with E-state index < -0.39 is 29.2 Å². The summed E-state index contributed by atoms with van der Waals surface area (Å²) in [5, 5.41) is 8.64. The van der Waals surface area contributed by atoms with Gasteiger partial charge in [0.1, 0.15) is 5.82 Å². The van der Waals surface area contributed by atoms with Crippen molar-refractivity contribution in [1.82, 2.24) is 15.2 Å². The molecule has 32 heavy (non-hydrogen) atoms. The quantitative estimate of drug-likeness (QED) is 0.395. The molecule has 0 spiro atoms. The molecule has 1 amide bonds. The number of nitrogens with one attached hydrogen (secondary N) is 3. The molecule has 6 nitrogen and oxygen atoms in total. The summed E-state index contributed by atoms with van der Waals surface area (Å²) in [6, 6.07) is 14.1. The second-order valence-corrected chi connectivity index (χ2v) is 6.83. The smallest absolute Gasteiger partial charge is 0.322 e. The first kappa shape index (κ1) is 21.0. The highest BCUT2D eigenvalue weighted by Gasteiger charge is 2.30. The molecule has 0 aliphatic carbocycles. The number of hydrogen-bond acceptors (Lipinski definition) is 3. The van der Waals surface area contributed by atoms with Gasteiger partial charge in [0.05, 0.1) is 11.1 Å². The molecule has 0 radical (unpaired) electrons. The average molecular weight is 442 g/mol. The van der Waals surface area contributed by atoms with Crippen LogP contribution in [-0.2, 0) is 6.18 Å². The van der Waals surface area contributed by atoms with Crippen LogP contribution in [0.25, 0.3) is 22.5 Å². The van der Waals surface area contributed by atoms with Crippen molar-refractivity contribution in [3.8, 4) is 22.5 Å². The fraction of sp³-hybridized carbons (Fsp3) is 0.0455. The van der Waals surface area contributed by atoms with Crippen LogP contribution in [0.15, 0.2) is 71.5 Å². The van der Waals surface area contributed by atoms with Gasteiger partial charge < -0.3 is 5.32 Å². The lowest BCUT2D eigenvalue weighted by molar-refractivity contribution is -0.137. The van der Waals surface area contributed by atoms with Crippen LogP contribution in [0, 0.1) is 5.82 Å². The summed E-state index contributed by atoms with van der Waals surface area (Å²) in [7, 11) is 0. The molecule has 1 aromatic heterocycles. The van der Waals surface area contributed by atoms with Crippen LogP contribution < -0.4 is 11.0 Å². The van der Waals surface area contributed by atoms with Gasteiger partial charge in [-0.25, -0.2) is 14.3 Å². The fourth-order valence-corrected chi connectivity index (χ4v) is 3.17. The molecule has 4 rings (SSSR count). The lowest BCUT2D eigenvalue weighted by Gasteiger charge is -2.13. The largest absolute Gasteiger partial charge is 0.416 e. The van der Waals surface area contributed by atoms with Crippen molar-refractivity contribution in [3.05, 3.63) is 94.2 Å². The minimum absolute atomic E-state index is 0.118. The average Bonchev–Trinajstić information content (AvgIpc) is 3.20. The summed E-state index contributed by atoms with van der Waals surface area (Å²) >= 11 is 0. The number of alkyl halides is 3. The Balaban J connectivity index is 1.68. The van der Waals surface area contributed by atoms with Crippen molar-refractivity contribution in [1.29, 1.82) is 0 Å². The first-order valence-electron chi connectivity index (χ1n) is 9.24. The lowest BCUT2D eigenvalue weighted by Crippen LogP contribution is -2.14. The van der Waals surface area contributed by atoms with Crippen LogP contribution in [0.5, 0.6) is 0 Å². The minimum Gasteiger partial charge on any atom is -0.322 e. The molecule has 0 bridgehead atoms. The summed E-state index contributed by atoms with van der Waals surface area (Å²) in [6.07, 6.45) is -4.56. The maximum Gasteiger partial charge on any atom is 0.416 e. The molecule has 0 unspecified atom stereocenters. The SMILES string of the molecule is O=C(Nc1cccc(-c2n[nH]c(=O)[nH]2)c1)c1cc(F)ccc1-c1cccc(C(F)(F)F)c1. The number of carbonyl (C=O) groups excluding carboxylic acids is 1. The zero-order chi connectivity index (χ0) is 22.9. The zero-order valence-electron chi connectivity index (χ0n) is 16.1. The number of H-pyrrole nitrogens is 2. The highest BCUT2D eigenvalue weighted by Crippen LogP contribution is 2.33. The van der Waals surface area contributed by atoms with Gasteiger partial charge in [0.25, 0.3) is 5.91 Å². The third-order valence-electron chi connectivity index (χ3n) is 4.62. The summed E-state index contributed by atoms with van der Waals surface area (Å²) in [6.45, 7) is 0. The van der Waals surface area contributed by atoms with E-state index in [0.29, 0.717) is 11.3 Å². The standard InChI is InChI=1S/C22H14F4N4O2/c23-15-7-8-17(12-3-1-5-14(9-12)22(24,25)26)18(11-15)20(31)27-16-6-2-4-13(10-16)19-28-21(32)30-29-19/h1-11H,(H,27,31)(H2,28,29,30,32). The third-order valence-corrected chi connectivity index (χ3v) is 4.62. The summed E-state index contributed by atoms with van der Waals surface area (Å²) in [5.41, 5.74) is -0.445. The number of anilines is 1. The van der Waals surface area contributed by atoms with Gasteiger partial charge >= 0.3 is 11.9 Å². The number of benzene rings is 3. The Kier molecular flexibility index (Phi) is 5.35. The van der Waals surface area contributed by atoms with Crippen molar-refractivity contribution < 1.29 is 22.4 Å². The van der Waals surface area contributed by atoms with Crippen LogP contribution in [-0.4, -0.2) is 21.1 Å². The monoisotopic (exact) mass is 442 g/mol. The van der Waals surface area contributed by atoms with E-state index in [1.807, 2.05) is 0 Å². The molecule has 0 saturated carbocycles. The summed E-state index contributed by atoms with van der Waals surface area (Å²) < 4.78 is 53.2. The maximum atomic E-state index is 13.9. The van der Waals surface area contributed by atoms with Crippen LogP contribution in [0.1, 0.15) is 15.9 Å². The minimum atomic E-state index is -4.56. The molecule has 4 aromatic rings. The van der Waals surface area contributed by atoms with Crippen molar-refractivity contribution in [2.24, 2.45) is 0 Å². The van der Waals surface area contributed by atoms with Crippen LogP contribution in [0.4, 0.5) is 23.2 Å². The van der Waals surface area contributed by atoms with Gasteiger partial charge in [-0.3, -0.25) is 9.78 Å². The van der Waals surface area contributed by atoms with Gasteiger partial charge in [0, 0.05) is 11.3 Å². The Bertz CT molecular complexity index is 1360. The van der Waals surface area contributed by atoms with E-state index in [4.69, 9.17) is 0 Å². The lowest BCUT2D eigenvalue weighted by atomic mass is 9.97. The molecule has 3 aromatic carbocycles. The van der Waals surface area contributed by atoms with E-state index in [1.54, 1.807) is 18.2 Å². The molecule has 3 N–H and O–H groups in total. The summed E-state index contributed by atoms with van der Waals surface area (Å²) in [5.74, 6) is -1.18. The van der Waals surface area contributed by atoms with Crippen molar-refractivity contribution in [3.63, 3.8) is 0 Å². The Morgan fingerprint density at radius 1 is 0.938 bits per heavy atom. The number of amides is 1. The first-order chi connectivity index (χ1) is 15.2. The zero-order valence-corrected chi connectivity index (χ0v) is 16.1. The van der Waals surface area contributed by atoms with E-state index in [1.165, 1.54) is 24.3 Å². The highest BCUT2D eigenvalue weighted by atomic mass is 19.4. The molecule has 1 heterocycles. The molecule has 10 heteroatoms. The fourth-order valence-electron chi connectivity index (χ4n) is 3.17. The molecule has 0 aliphatic heterocycles. The highest BCUT2D eigenvalue weighted by molar-refractivity contribution is 6.09. The van der Waals surface area contributed by atoms with Crippen molar-refractivity contribution in [2.45, 2.75) is 6.18 Å². The molecule has 162 valence electrons. The Hall–Kier alpha value is -4.21. The molecule has 0 fully saturated rings. The van der Waals surface area contributed by atoms with E-state index >= 15 is 0 Å². The Morgan fingerprint density at radius 3 is 2.41 bits per heavy atom. The number of hydrogen-bond donors (Lipinski definition) is 3. The number of aromatic nitrogens is 3. The predicted octanol–water partition coefficient (Wildman–Crippen LogP) is 4.84. The molecular formula is C22H14F4N4O2. The number of aromatic amines is 2. The Morgan fingerprint density at radius 2 is 1.69 bits per heavy atom. The van der Waals surface area contributed by atoms with Crippen LogP contribution in [0.3, 0.4) is 0 Å². The molecule has 0 atom stereocenters. The molecule has 0 aliphatic rings. The predicted molar refractivity (Wildman–Crippen MR) is 109 cm³/mol.